The molecule has 108 valence electrons. The summed E-state index contributed by atoms with van der Waals surface area (Å²) in [5.74, 6) is -0.170. The summed E-state index contributed by atoms with van der Waals surface area (Å²) in [5, 5.41) is 13.2. The second-order valence-corrected chi connectivity index (χ2v) is 5.33. The number of carbonyl (C=O) groups is 1. The average Bonchev–Trinajstić information content (AvgIpc) is 2.71. The van der Waals surface area contributed by atoms with E-state index in [2.05, 4.69) is 5.32 Å². The van der Waals surface area contributed by atoms with Crippen molar-refractivity contribution in [2.24, 2.45) is 0 Å². The molecule has 0 aromatic heterocycles. The minimum absolute atomic E-state index is 0.0315. The maximum absolute atomic E-state index is 12.8. The van der Waals surface area contributed by atoms with E-state index in [0.29, 0.717) is 17.1 Å². The average molecular weight is 303 g/mol. The van der Waals surface area contributed by atoms with E-state index in [1.54, 1.807) is 4.90 Å². The number of para-hydroxylation sites is 2. The zero-order valence-corrected chi connectivity index (χ0v) is 12.1. The van der Waals surface area contributed by atoms with E-state index in [1.807, 2.05) is 24.3 Å². The molecule has 0 saturated carbocycles. The number of nitrogens with zero attached hydrogens (tertiary/aromatic N) is 1. The standard InChI is InChI=1S/C16H15ClN2O2/c17-13-7-6-11(20)10-12(13)16(21)19-9-3-8-18-14-4-1-2-5-15(14)19/h1-2,4-7,10,18,20H,3,8-9H2. The first-order chi connectivity index (χ1) is 10.2. The molecule has 1 heterocycles. The molecule has 1 aliphatic rings. The largest absolute Gasteiger partial charge is 0.508 e. The highest BCUT2D eigenvalue weighted by Crippen LogP contribution is 2.31. The summed E-state index contributed by atoms with van der Waals surface area (Å²) in [5.41, 5.74) is 2.08. The van der Waals surface area contributed by atoms with Crippen molar-refractivity contribution in [3.05, 3.63) is 53.1 Å². The van der Waals surface area contributed by atoms with Crippen molar-refractivity contribution in [1.29, 1.82) is 0 Å². The molecule has 3 rings (SSSR count). The first kappa shape index (κ1) is 13.8. The van der Waals surface area contributed by atoms with Crippen molar-refractivity contribution in [2.45, 2.75) is 6.42 Å². The van der Waals surface area contributed by atoms with Gasteiger partial charge in [0.2, 0.25) is 0 Å². The minimum Gasteiger partial charge on any atom is -0.508 e. The molecule has 2 aromatic carbocycles. The van der Waals surface area contributed by atoms with Gasteiger partial charge in [-0.3, -0.25) is 4.79 Å². The van der Waals surface area contributed by atoms with E-state index in [-0.39, 0.29) is 11.7 Å². The molecule has 0 saturated heterocycles. The summed E-state index contributed by atoms with van der Waals surface area (Å²) in [6.45, 7) is 1.42. The number of rotatable bonds is 1. The van der Waals surface area contributed by atoms with Gasteiger partial charge in [0.15, 0.2) is 0 Å². The Morgan fingerprint density at radius 2 is 2.05 bits per heavy atom. The van der Waals surface area contributed by atoms with Gasteiger partial charge in [-0.2, -0.15) is 0 Å². The number of aromatic hydroxyl groups is 1. The van der Waals surface area contributed by atoms with E-state index in [0.717, 1.165) is 24.3 Å². The number of phenols is 1. The fraction of sp³-hybridized carbons (Fsp3) is 0.188. The van der Waals surface area contributed by atoms with Gasteiger partial charge in [0.25, 0.3) is 5.91 Å². The zero-order valence-electron chi connectivity index (χ0n) is 11.3. The Balaban J connectivity index is 2.03. The smallest absolute Gasteiger partial charge is 0.259 e. The van der Waals surface area contributed by atoms with E-state index in [1.165, 1.54) is 18.2 Å². The Morgan fingerprint density at radius 1 is 1.24 bits per heavy atom. The molecule has 0 bridgehead atoms. The van der Waals surface area contributed by atoms with Gasteiger partial charge in [0.1, 0.15) is 5.75 Å². The predicted molar refractivity (Wildman–Crippen MR) is 84.3 cm³/mol. The monoisotopic (exact) mass is 302 g/mol. The van der Waals surface area contributed by atoms with Crippen LogP contribution in [-0.2, 0) is 0 Å². The van der Waals surface area contributed by atoms with Crippen LogP contribution in [0.4, 0.5) is 11.4 Å². The molecule has 1 aliphatic heterocycles. The molecule has 1 amide bonds. The summed E-state index contributed by atoms with van der Waals surface area (Å²) < 4.78 is 0. The summed E-state index contributed by atoms with van der Waals surface area (Å²) in [7, 11) is 0. The minimum atomic E-state index is -0.202. The number of hydrogen-bond donors (Lipinski definition) is 2. The highest BCUT2D eigenvalue weighted by molar-refractivity contribution is 6.34. The number of anilines is 2. The van der Waals surface area contributed by atoms with Crippen LogP contribution < -0.4 is 10.2 Å². The van der Waals surface area contributed by atoms with Gasteiger partial charge in [0.05, 0.1) is 22.0 Å². The van der Waals surface area contributed by atoms with Crippen molar-refractivity contribution in [3.8, 4) is 5.75 Å². The Kier molecular flexibility index (Phi) is 3.71. The van der Waals surface area contributed by atoms with E-state index < -0.39 is 0 Å². The van der Waals surface area contributed by atoms with Crippen molar-refractivity contribution in [3.63, 3.8) is 0 Å². The van der Waals surface area contributed by atoms with Gasteiger partial charge in [-0.1, -0.05) is 23.7 Å². The molecule has 4 nitrogen and oxygen atoms in total. The van der Waals surface area contributed by atoms with Crippen molar-refractivity contribution in [2.75, 3.05) is 23.3 Å². The van der Waals surface area contributed by atoms with Crippen molar-refractivity contribution < 1.29 is 9.90 Å². The molecule has 2 aromatic rings. The fourth-order valence-corrected chi connectivity index (χ4v) is 2.67. The molecule has 21 heavy (non-hydrogen) atoms. The molecule has 2 N–H and O–H groups in total. The van der Waals surface area contributed by atoms with E-state index in [4.69, 9.17) is 11.6 Å². The Morgan fingerprint density at radius 3 is 2.90 bits per heavy atom. The summed E-state index contributed by atoms with van der Waals surface area (Å²) in [6, 6.07) is 12.1. The maximum atomic E-state index is 12.8. The third-order valence-corrected chi connectivity index (χ3v) is 3.82. The molecule has 0 spiro atoms. The number of halogens is 1. The van der Waals surface area contributed by atoms with Crippen LogP contribution in [0, 0.1) is 0 Å². The second kappa shape index (κ2) is 5.66. The van der Waals surface area contributed by atoms with Crippen LogP contribution in [-0.4, -0.2) is 24.1 Å². The van der Waals surface area contributed by atoms with Crippen molar-refractivity contribution >= 4 is 28.9 Å². The fourth-order valence-electron chi connectivity index (χ4n) is 2.47. The van der Waals surface area contributed by atoms with Gasteiger partial charge in [0, 0.05) is 13.1 Å². The van der Waals surface area contributed by atoms with Gasteiger partial charge in [-0.25, -0.2) is 0 Å². The number of amides is 1. The Bertz CT molecular complexity index is 688. The highest BCUT2D eigenvalue weighted by Gasteiger charge is 2.23. The topological polar surface area (TPSA) is 52.6 Å². The van der Waals surface area contributed by atoms with Crippen LogP contribution in [0.5, 0.6) is 5.75 Å². The van der Waals surface area contributed by atoms with Crippen LogP contribution in [0.15, 0.2) is 42.5 Å². The Hall–Kier alpha value is -2.20. The number of fused-ring (bicyclic) bond motifs is 1. The number of nitrogens with one attached hydrogen (secondary N) is 1. The molecule has 0 radical (unpaired) electrons. The van der Waals surface area contributed by atoms with Crippen LogP contribution in [0.25, 0.3) is 0 Å². The number of hydrogen-bond acceptors (Lipinski definition) is 3. The van der Waals surface area contributed by atoms with Crippen LogP contribution in [0.3, 0.4) is 0 Å². The van der Waals surface area contributed by atoms with Gasteiger partial charge in [-0.15, -0.1) is 0 Å². The summed E-state index contributed by atoms with van der Waals surface area (Å²) in [6.07, 6.45) is 0.844. The van der Waals surface area contributed by atoms with Crippen LogP contribution in [0.2, 0.25) is 5.02 Å². The molecular formula is C16H15ClN2O2. The quantitative estimate of drug-likeness (QED) is 0.847. The van der Waals surface area contributed by atoms with E-state index in [9.17, 15) is 9.90 Å². The molecule has 0 aliphatic carbocycles. The zero-order chi connectivity index (χ0) is 14.8. The summed E-state index contributed by atoms with van der Waals surface area (Å²) >= 11 is 6.10. The van der Waals surface area contributed by atoms with Gasteiger partial charge < -0.3 is 15.3 Å². The number of carbonyl (C=O) groups excluding carboxylic acids is 1. The molecule has 5 heteroatoms. The Labute approximate surface area is 128 Å². The number of phenolic OH excluding ortho intramolecular Hbond substituents is 1. The van der Waals surface area contributed by atoms with Crippen molar-refractivity contribution in [1.82, 2.24) is 0 Å². The lowest BCUT2D eigenvalue weighted by Crippen LogP contribution is -2.31. The number of benzene rings is 2. The van der Waals surface area contributed by atoms with Gasteiger partial charge >= 0.3 is 0 Å². The first-order valence-corrected chi connectivity index (χ1v) is 7.18. The lowest BCUT2D eigenvalue weighted by molar-refractivity contribution is 0.0987. The summed E-state index contributed by atoms with van der Waals surface area (Å²) in [4.78, 5) is 14.5. The first-order valence-electron chi connectivity index (χ1n) is 6.80. The van der Waals surface area contributed by atoms with E-state index >= 15 is 0 Å². The normalized spacial score (nSPS) is 14.0. The molecule has 0 fully saturated rings. The SMILES string of the molecule is O=C(c1cc(O)ccc1Cl)N1CCCNc2ccccc21. The third-order valence-electron chi connectivity index (χ3n) is 3.49. The predicted octanol–water partition coefficient (Wildman–Crippen LogP) is 3.51. The lowest BCUT2D eigenvalue weighted by Gasteiger charge is -2.23. The van der Waals surface area contributed by atoms with Gasteiger partial charge in [-0.05, 0) is 36.8 Å². The lowest BCUT2D eigenvalue weighted by atomic mass is 10.1. The molecular weight excluding hydrogens is 288 g/mol. The second-order valence-electron chi connectivity index (χ2n) is 4.92. The molecule has 0 atom stereocenters. The molecule has 0 unspecified atom stereocenters. The van der Waals surface area contributed by atoms with Crippen LogP contribution >= 0.6 is 11.6 Å². The third kappa shape index (κ3) is 2.67. The maximum Gasteiger partial charge on any atom is 0.259 e. The van der Waals surface area contributed by atoms with Crippen LogP contribution in [0.1, 0.15) is 16.8 Å². The highest BCUT2D eigenvalue weighted by atomic mass is 35.5.